The Morgan fingerprint density at radius 1 is 0.605 bits per heavy atom. The number of rotatable bonds is 4. The first-order valence-corrected chi connectivity index (χ1v) is 11.9. The van der Waals surface area contributed by atoms with Crippen LogP contribution in [0.5, 0.6) is 0 Å². The minimum atomic E-state index is -0.504. The van der Waals surface area contributed by atoms with Gasteiger partial charge in [0.25, 0.3) is 0 Å². The summed E-state index contributed by atoms with van der Waals surface area (Å²) >= 11 is 0. The predicted molar refractivity (Wildman–Crippen MR) is 150 cm³/mol. The van der Waals surface area contributed by atoms with E-state index in [1.54, 1.807) is 12.2 Å². The molecule has 0 amide bonds. The van der Waals surface area contributed by atoms with Crippen LogP contribution in [0.1, 0.15) is 43.5 Å². The van der Waals surface area contributed by atoms with Gasteiger partial charge in [0.1, 0.15) is 11.1 Å². The molecule has 0 fully saturated rings. The van der Waals surface area contributed by atoms with Crippen LogP contribution in [0.2, 0.25) is 0 Å². The molecule has 0 saturated carbocycles. The van der Waals surface area contributed by atoms with Crippen molar-refractivity contribution in [3.63, 3.8) is 0 Å². The summed E-state index contributed by atoms with van der Waals surface area (Å²) in [5.41, 5.74) is 7.01. The van der Waals surface area contributed by atoms with Crippen LogP contribution < -0.4 is 9.80 Å². The third-order valence-electron chi connectivity index (χ3n) is 6.37. The second kappa shape index (κ2) is 9.55. The fourth-order valence-corrected chi connectivity index (χ4v) is 4.75. The molecule has 0 aliphatic carbocycles. The maximum atomic E-state index is 13.0. The topological polar surface area (TPSA) is 116 Å². The van der Waals surface area contributed by atoms with E-state index in [1.165, 1.54) is 14.2 Å². The van der Waals surface area contributed by atoms with Gasteiger partial charge in [-0.2, -0.15) is 0 Å². The van der Waals surface area contributed by atoms with Gasteiger partial charge in [0, 0.05) is 28.2 Å². The van der Waals surface area contributed by atoms with E-state index < -0.39 is 11.9 Å². The van der Waals surface area contributed by atoms with Crippen LogP contribution in [-0.2, 0) is 9.47 Å². The van der Waals surface area contributed by atoms with Crippen molar-refractivity contribution in [1.29, 1.82) is 0 Å². The van der Waals surface area contributed by atoms with Crippen LogP contribution in [0.4, 0.5) is 11.4 Å². The highest BCUT2D eigenvalue weighted by atomic mass is 16.5. The van der Waals surface area contributed by atoms with Crippen LogP contribution in [0, 0.1) is 0 Å². The van der Waals surface area contributed by atoms with Crippen molar-refractivity contribution < 1.29 is 19.1 Å². The molecule has 5 rings (SSSR count). The Hall–Kier alpha value is -4.86. The molecular weight excluding hydrogens is 484 g/mol. The van der Waals surface area contributed by atoms with Gasteiger partial charge in [0.15, 0.2) is 0 Å². The molecule has 0 radical (unpaired) electrons. The molecule has 0 spiro atoms. The Balaban J connectivity index is 2.04. The van der Waals surface area contributed by atoms with E-state index in [0.717, 1.165) is 22.4 Å². The molecule has 0 unspecified atom stereocenters. The van der Waals surface area contributed by atoms with Crippen molar-refractivity contribution in [3.05, 3.63) is 58.2 Å². The molecule has 3 aromatic heterocycles. The molecule has 3 aromatic rings. The smallest absolute Gasteiger partial charge is 0.342 e. The monoisotopic (exact) mass is 512 g/mol. The predicted octanol–water partition coefficient (Wildman–Crippen LogP) is 4.36. The number of methoxy groups -OCH3 is 2. The normalized spacial score (nSPS) is 11.9. The van der Waals surface area contributed by atoms with Crippen molar-refractivity contribution in [2.24, 2.45) is 0 Å². The van der Waals surface area contributed by atoms with Crippen LogP contribution in [-0.4, -0.2) is 74.3 Å². The van der Waals surface area contributed by atoms with Crippen molar-refractivity contribution in [2.45, 2.75) is 0 Å². The van der Waals surface area contributed by atoms with Gasteiger partial charge in [-0.1, -0.05) is 0 Å². The average molecular weight is 513 g/mol. The Bertz CT molecular complexity index is 1580. The lowest BCUT2D eigenvalue weighted by atomic mass is 10.2. The second-order valence-electron chi connectivity index (χ2n) is 9.22. The molecule has 10 nitrogen and oxygen atoms in total. The third kappa shape index (κ3) is 4.09. The van der Waals surface area contributed by atoms with Gasteiger partial charge in [-0.05, 0) is 48.6 Å². The Labute approximate surface area is 219 Å². The van der Waals surface area contributed by atoms with E-state index in [9.17, 15) is 9.59 Å². The summed E-state index contributed by atoms with van der Waals surface area (Å²) in [4.78, 5) is 46.1. The summed E-state index contributed by atoms with van der Waals surface area (Å²) in [5.74, 6) is -1.01. The van der Waals surface area contributed by atoms with Gasteiger partial charge < -0.3 is 29.2 Å². The quantitative estimate of drug-likeness (QED) is 0.341. The molecule has 2 aliphatic rings. The fraction of sp³-hybridized carbons (Fsp3) is 0.214. The summed E-state index contributed by atoms with van der Waals surface area (Å²) in [5, 5.41) is 0. The van der Waals surface area contributed by atoms with Crippen LogP contribution >= 0.6 is 0 Å². The average Bonchev–Trinajstić information content (AvgIpc) is 3.69. The first-order chi connectivity index (χ1) is 18.2. The minimum absolute atomic E-state index is 0.318. The van der Waals surface area contributed by atoms with Crippen LogP contribution in [0.3, 0.4) is 0 Å². The zero-order chi connectivity index (χ0) is 27.1. The number of ether oxygens (including phenoxy) is 2. The number of anilines is 2. The summed E-state index contributed by atoms with van der Waals surface area (Å²) in [6.45, 7) is 0. The zero-order valence-corrected chi connectivity index (χ0v) is 22.0. The van der Waals surface area contributed by atoms with E-state index in [2.05, 4.69) is 9.97 Å². The maximum absolute atomic E-state index is 13.0. The lowest BCUT2D eigenvalue weighted by molar-refractivity contribution is 0.0593. The number of carbonyl (C=O) groups excluding carboxylic acids is 2. The van der Waals surface area contributed by atoms with Gasteiger partial charge in [0.2, 0.25) is 0 Å². The Kier molecular flexibility index (Phi) is 6.23. The van der Waals surface area contributed by atoms with Gasteiger partial charge in [-0.15, -0.1) is 0 Å². The number of hydrogen-bond donors (Lipinski definition) is 2. The van der Waals surface area contributed by atoms with Gasteiger partial charge in [-0.3, -0.25) is 0 Å². The Morgan fingerprint density at radius 3 is 1.34 bits per heavy atom. The number of fused-ring (bicyclic) bond motifs is 8. The molecule has 8 bridgehead atoms. The number of hydrogen-bond acceptors (Lipinski definition) is 8. The highest BCUT2D eigenvalue weighted by molar-refractivity contribution is 6.05. The van der Waals surface area contributed by atoms with Gasteiger partial charge >= 0.3 is 11.9 Å². The summed E-state index contributed by atoms with van der Waals surface area (Å²) in [7, 11) is 10.3. The number of carbonyl (C=O) groups is 2. The Morgan fingerprint density at radius 2 is 0.974 bits per heavy atom. The highest BCUT2D eigenvalue weighted by Crippen LogP contribution is 2.32. The molecule has 38 heavy (non-hydrogen) atoms. The number of esters is 2. The van der Waals surface area contributed by atoms with E-state index in [-0.39, 0.29) is 0 Å². The van der Waals surface area contributed by atoms with E-state index in [1.807, 2.05) is 74.4 Å². The molecule has 0 saturated heterocycles. The minimum Gasteiger partial charge on any atom is -0.465 e. The maximum Gasteiger partial charge on any atom is 0.342 e. The first kappa shape index (κ1) is 24.8. The highest BCUT2D eigenvalue weighted by Gasteiger charge is 2.22. The molecule has 0 atom stereocenters. The largest absolute Gasteiger partial charge is 0.465 e. The van der Waals surface area contributed by atoms with E-state index in [0.29, 0.717) is 44.9 Å². The van der Waals surface area contributed by atoms with E-state index >= 15 is 0 Å². The number of aromatic amines is 2. The fourth-order valence-electron chi connectivity index (χ4n) is 4.75. The van der Waals surface area contributed by atoms with Crippen molar-refractivity contribution in [2.75, 3.05) is 52.2 Å². The lowest BCUT2D eigenvalue weighted by Crippen LogP contribution is -2.12. The van der Waals surface area contributed by atoms with Crippen molar-refractivity contribution in [1.82, 2.24) is 19.9 Å². The van der Waals surface area contributed by atoms with Gasteiger partial charge in [-0.25, -0.2) is 19.6 Å². The second-order valence-corrected chi connectivity index (χ2v) is 9.22. The van der Waals surface area contributed by atoms with E-state index in [4.69, 9.17) is 19.4 Å². The lowest BCUT2D eigenvalue weighted by Gasteiger charge is -2.14. The standard InChI is InChI=1S/C28H28N6O4/c1-33(2)25-19-11-7-15(29-19)23(27(35)37-5)17-9-13-21(31-17)26(34(3)4)22-14-10-18(32-22)24(28(36)38-6)16-8-12-20(25)30-16/h7-14,29-30H,1-6H3. The molecule has 2 aliphatic heterocycles. The number of aromatic nitrogens is 4. The molecule has 194 valence electrons. The van der Waals surface area contributed by atoms with Crippen LogP contribution in [0.25, 0.3) is 46.4 Å². The third-order valence-corrected chi connectivity index (χ3v) is 6.37. The number of nitrogens with one attached hydrogen (secondary N) is 2. The van der Waals surface area contributed by atoms with Gasteiger partial charge in [0.05, 0.1) is 70.4 Å². The summed E-state index contributed by atoms with van der Waals surface area (Å²) < 4.78 is 10.3. The van der Waals surface area contributed by atoms with Crippen molar-refractivity contribution >= 4 is 69.7 Å². The van der Waals surface area contributed by atoms with Crippen molar-refractivity contribution in [3.8, 4) is 0 Å². The molecular formula is C28H28N6O4. The number of H-pyrrole nitrogens is 2. The first-order valence-electron chi connectivity index (χ1n) is 11.9. The zero-order valence-electron chi connectivity index (χ0n) is 22.0. The summed E-state index contributed by atoms with van der Waals surface area (Å²) in [6.07, 6.45) is 7.24. The molecule has 5 heterocycles. The SMILES string of the molecule is COC(=O)c1c2nc(c(N(C)C)c3nc(c(C(=O)OC)c4ccc([nH]4)c(N(C)C)c4ccc1[nH]4)C=C3)C=C2. The molecule has 0 aromatic carbocycles. The van der Waals surface area contributed by atoms with Crippen LogP contribution in [0.15, 0.2) is 24.3 Å². The molecule has 2 N–H and O–H groups in total. The number of nitrogens with zero attached hydrogens (tertiary/aromatic N) is 4. The molecule has 10 heteroatoms. The summed E-state index contributed by atoms with van der Waals surface area (Å²) in [6, 6.07) is 7.44.